The molecule has 0 nitrogen and oxygen atoms in total. The summed E-state index contributed by atoms with van der Waals surface area (Å²) in [4.78, 5) is 0. The lowest BCUT2D eigenvalue weighted by molar-refractivity contribution is 0.378. The van der Waals surface area contributed by atoms with Gasteiger partial charge in [-0.2, -0.15) is 0 Å². The van der Waals surface area contributed by atoms with Crippen molar-refractivity contribution in [1.29, 1.82) is 0 Å². The molecule has 1 aromatic rings. The third kappa shape index (κ3) is 3.89. The molecule has 0 saturated heterocycles. The standard InChI is InChI=1S/C12H16Cl2/c1-12(2,3)7-6-9-4-5-10(13)8-11(9)14/h4-5,8H,6-7H2,1-3H3. The zero-order valence-electron chi connectivity index (χ0n) is 8.90. The van der Waals surface area contributed by atoms with E-state index in [-0.39, 0.29) is 0 Å². The highest BCUT2D eigenvalue weighted by Crippen LogP contribution is 2.26. The molecule has 0 atom stereocenters. The van der Waals surface area contributed by atoms with E-state index in [1.54, 1.807) is 6.07 Å². The minimum absolute atomic E-state index is 0.350. The van der Waals surface area contributed by atoms with E-state index in [0.717, 1.165) is 17.9 Å². The maximum absolute atomic E-state index is 6.07. The first kappa shape index (κ1) is 11.9. The Hall–Kier alpha value is -0.200. The molecule has 0 unspecified atom stereocenters. The SMILES string of the molecule is CC(C)(C)CCc1ccc(Cl)cc1Cl. The molecule has 2 heteroatoms. The molecule has 0 aliphatic heterocycles. The highest BCUT2D eigenvalue weighted by Gasteiger charge is 2.11. The molecule has 14 heavy (non-hydrogen) atoms. The van der Waals surface area contributed by atoms with Gasteiger partial charge in [0.25, 0.3) is 0 Å². The van der Waals surface area contributed by atoms with Crippen LogP contribution in [0.4, 0.5) is 0 Å². The average Bonchev–Trinajstić information content (AvgIpc) is 2.00. The van der Waals surface area contributed by atoms with E-state index in [1.165, 1.54) is 5.56 Å². The fourth-order valence-corrected chi connectivity index (χ4v) is 1.74. The summed E-state index contributed by atoms with van der Waals surface area (Å²) in [5.41, 5.74) is 1.54. The van der Waals surface area contributed by atoms with Gasteiger partial charge in [-0.3, -0.25) is 0 Å². The molecular formula is C12H16Cl2. The van der Waals surface area contributed by atoms with Crippen molar-refractivity contribution in [2.45, 2.75) is 33.6 Å². The zero-order valence-corrected chi connectivity index (χ0v) is 10.4. The second-order valence-electron chi connectivity index (χ2n) is 4.80. The second-order valence-corrected chi connectivity index (χ2v) is 5.64. The molecule has 0 spiro atoms. The Morgan fingerprint density at radius 3 is 2.29 bits per heavy atom. The van der Waals surface area contributed by atoms with Gasteiger partial charge in [-0.05, 0) is 36.0 Å². The third-order valence-electron chi connectivity index (χ3n) is 2.16. The van der Waals surface area contributed by atoms with E-state index in [1.807, 2.05) is 12.1 Å². The van der Waals surface area contributed by atoms with Crippen LogP contribution in [-0.2, 0) is 6.42 Å². The Kier molecular flexibility index (Phi) is 3.86. The minimum atomic E-state index is 0.350. The third-order valence-corrected chi connectivity index (χ3v) is 2.75. The van der Waals surface area contributed by atoms with Crippen molar-refractivity contribution in [3.8, 4) is 0 Å². The van der Waals surface area contributed by atoms with Gasteiger partial charge in [0.15, 0.2) is 0 Å². The lowest BCUT2D eigenvalue weighted by Gasteiger charge is -2.18. The maximum Gasteiger partial charge on any atom is 0.0452 e. The van der Waals surface area contributed by atoms with Gasteiger partial charge in [-0.1, -0.05) is 50.0 Å². The minimum Gasteiger partial charge on any atom is -0.0843 e. The number of hydrogen-bond acceptors (Lipinski definition) is 0. The number of aryl methyl sites for hydroxylation is 1. The van der Waals surface area contributed by atoms with Gasteiger partial charge in [-0.25, -0.2) is 0 Å². The number of benzene rings is 1. The van der Waals surface area contributed by atoms with Crippen molar-refractivity contribution in [2.24, 2.45) is 5.41 Å². The van der Waals surface area contributed by atoms with Gasteiger partial charge in [-0.15, -0.1) is 0 Å². The number of hydrogen-bond donors (Lipinski definition) is 0. The van der Waals surface area contributed by atoms with Gasteiger partial charge >= 0.3 is 0 Å². The van der Waals surface area contributed by atoms with Crippen LogP contribution in [0.1, 0.15) is 32.8 Å². The fourth-order valence-electron chi connectivity index (χ4n) is 1.23. The first-order valence-corrected chi connectivity index (χ1v) is 5.58. The molecule has 0 aliphatic carbocycles. The van der Waals surface area contributed by atoms with Crippen LogP contribution in [-0.4, -0.2) is 0 Å². The van der Waals surface area contributed by atoms with Crippen molar-refractivity contribution in [1.82, 2.24) is 0 Å². The summed E-state index contributed by atoms with van der Waals surface area (Å²) in [6.45, 7) is 6.70. The zero-order chi connectivity index (χ0) is 10.8. The van der Waals surface area contributed by atoms with Crippen molar-refractivity contribution in [2.75, 3.05) is 0 Å². The number of rotatable bonds is 2. The molecule has 0 N–H and O–H groups in total. The predicted octanol–water partition coefficient (Wildman–Crippen LogP) is 4.97. The molecule has 0 fully saturated rings. The first-order chi connectivity index (χ1) is 6.38. The fraction of sp³-hybridized carbons (Fsp3) is 0.500. The lowest BCUT2D eigenvalue weighted by atomic mass is 9.89. The van der Waals surface area contributed by atoms with Crippen molar-refractivity contribution >= 4 is 23.2 Å². The highest BCUT2D eigenvalue weighted by molar-refractivity contribution is 6.35. The summed E-state index contributed by atoms with van der Waals surface area (Å²) < 4.78 is 0. The Morgan fingerprint density at radius 2 is 1.79 bits per heavy atom. The van der Waals surface area contributed by atoms with E-state index < -0.39 is 0 Å². The molecule has 78 valence electrons. The summed E-state index contributed by atoms with van der Waals surface area (Å²) in [7, 11) is 0. The predicted molar refractivity (Wildman–Crippen MR) is 64.2 cm³/mol. The van der Waals surface area contributed by atoms with Gasteiger partial charge in [0.05, 0.1) is 0 Å². The summed E-state index contributed by atoms with van der Waals surface area (Å²) >= 11 is 11.9. The van der Waals surface area contributed by atoms with Gasteiger partial charge in [0.2, 0.25) is 0 Å². The van der Waals surface area contributed by atoms with Crippen LogP contribution in [0.3, 0.4) is 0 Å². The van der Waals surface area contributed by atoms with Crippen LogP contribution in [0.5, 0.6) is 0 Å². The quantitative estimate of drug-likeness (QED) is 0.673. The van der Waals surface area contributed by atoms with Crippen LogP contribution in [0.25, 0.3) is 0 Å². The maximum atomic E-state index is 6.07. The largest absolute Gasteiger partial charge is 0.0843 e. The highest BCUT2D eigenvalue weighted by atomic mass is 35.5. The second kappa shape index (κ2) is 4.55. The van der Waals surface area contributed by atoms with E-state index in [0.29, 0.717) is 10.4 Å². The molecule has 0 aromatic heterocycles. The molecular weight excluding hydrogens is 215 g/mol. The first-order valence-electron chi connectivity index (χ1n) is 4.82. The molecule has 0 amide bonds. The molecule has 0 heterocycles. The summed E-state index contributed by atoms with van der Waals surface area (Å²) in [5, 5.41) is 1.48. The molecule has 0 aliphatic rings. The normalized spacial score (nSPS) is 11.8. The van der Waals surface area contributed by atoms with E-state index in [9.17, 15) is 0 Å². The van der Waals surface area contributed by atoms with Crippen LogP contribution in [0.2, 0.25) is 10.0 Å². The van der Waals surface area contributed by atoms with Gasteiger partial charge in [0, 0.05) is 10.0 Å². The molecule has 1 rings (SSSR count). The Labute approximate surface area is 96.2 Å². The summed E-state index contributed by atoms with van der Waals surface area (Å²) in [6.07, 6.45) is 2.15. The van der Waals surface area contributed by atoms with Gasteiger partial charge in [0.1, 0.15) is 0 Å². The van der Waals surface area contributed by atoms with E-state index in [4.69, 9.17) is 23.2 Å². The van der Waals surface area contributed by atoms with Crippen LogP contribution in [0.15, 0.2) is 18.2 Å². The Balaban J connectivity index is 2.68. The Bertz CT molecular complexity index is 311. The molecule has 0 radical (unpaired) electrons. The van der Waals surface area contributed by atoms with E-state index >= 15 is 0 Å². The molecule has 1 aromatic carbocycles. The van der Waals surface area contributed by atoms with E-state index in [2.05, 4.69) is 20.8 Å². The van der Waals surface area contributed by atoms with Crippen molar-refractivity contribution < 1.29 is 0 Å². The molecule has 0 saturated carbocycles. The monoisotopic (exact) mass is 230 g/mol. The summed E-state index contributed by atoms with van der Waals surface area (Å²) in [6, 6.07) is 5.71. The Morgan fingerprint density at radius 1 is 1.14 bits per heavy atom. The smallest absolute Gasteiger partial charge is 0.0452 e. The molecule has 0 bridgehead atoms. The van der Waals surface area contributed by atoms with Crippen molar-refractivity contribution in [3.05, 3.63) is 33.8 Å². The topological polar surface area (TPSA) is 0 Å². The van der Waals surface area contributed by atoms with Gasteiger partial charge < -0.3 is 0 Å². The number of halogens is 2. The average molecular weight is 231 g/mol. The van der Waals surface area contributed by atoms with Crippen LogP contribution < -0.4 is 0 Å². The van der Waals surface area contributed by atoms with Crippen LogP contribution in [0, 0.1) is 5.41 Å². The lowest BCUT2D eigenvalue weighted by Crippen LogP contribution is -2.06. The van der Waals surface area contributed by atoms with Crippen LogP contribution >= 0.6 is 23.2 Å². The summed E-state index contributed by atoms with van der Waals surface area (Å²) in [5.74, 6) is 0. The van der Waals surface area contributed by atoms with Crippen molar-refractivity contribution in [3.63, 3.8) is 0 Å².